The van der Waals surface area contributed by atoms with E-state index in [1.54, 1.807) is 6.92 Å². The first-order valence-electron chi connectivity index (χ1n) is 2.45. The van der Waals surface area contributed by atoms with Crippen molar-refractivity contribution in [3.8, 4) is 0 Å². The second kappa shape index (κ2) is 4.53. The van der Waals surface area contributed by atoms with Crippen LogP contribution in [-0.4, -0.2) is 23.9 Å². The van der Waals surface area contributed by atoms with Crippen molar-refractivity contribution in [3.63, 3.8) is 0 Å². The Morgan fingerprint density at radius 3 is 2.78 bits per heavy atom. The third-order valence-corrected chi connectivity index (χ3v) is 1.47. The summed E-state index contributed by atoms with van der Waals surface area (Å²) in [5, 5.41) is 3.45. The van der Waals surface area contributed by atoms with Crippen molar-refractivity contribution in [2.24, 2.45) is 5.16 Å². The van der Waals surface area contributed by atoms with Crippen LogP contribution in [0.3, 0.4) is 0 Å². The maximum absolute atomic E-state index is 10.1. The second-order valence-electron chi connectivity index (χ2n) is 1.58. The summed E-state index contributed by atoms with van der Waals surface area (Å²) < 4.78 is 10.1. The first-order valence-corrected chi connectivity index (χ1v) is 4.01. The normalized spacial score (nSPS) is 15.2. The van der Waals surface area contributed by atoms with Crippen molar-refractivity contribution in [1.82, 2.24) is 0 Å². The summed E-state index contributed by atoms with van der Waals surface area (Å²) in [4.78, 5) is 12.7. The van der Waals surface area contributed by atoms with Crippen molar-refractivity contribution >= 4 is 13.7 Å². The third-order valence-electron chi connectivity index (χ3n) is 0.654. The molecule has 1 atom stereocenters. The van der Waals surface area contributed by atoms with Crippen molar-refractivity contribution < 1.29 is 14.3 Å². The zero-order valence-electron chi connectivity index (χ0n) is 5.42. The highest BCUT2D eigenvalue weighted by molar-refractivity contribution is 7.39. The molecule has 0 fully saturated rings. The molecule has 9 heavy (non-hydrogen) atoms. The first kappa shape index (κ1) is 8.66. The number of oxime groups is 1. The highest BCUT2D eigenvalue weighted by Crippen LogP contribution is 2.11. The third kappa shape index (κ3) is 5.53. The van der Waals surface area contributed by atoms with Gasteiger partial charge in [-0.25, -0.2) is 0 Å². The van der Waals surface area contributed by atoms with Gasteiger partial charge in [0.2, 0.25) is 0 Å². The lowest BCUT2D eigenvalue weighted by molar-refractivity contribution is 0.213. The molecular formula is C4H10NO3P. The van der Waals surface area contributed by atoms with Crippen LogP contribution in [0.1, 0.15) is 6.92 Å². The molecule has 0 aliphatic heterocycles. The fraction of sp³-hybridized carbons (Fsp3) is 0.750. The molecule has 0 amide bonds. The minimum absolute atomic E-state index is 0.124. The van der Waals surface area contributed by atoms with Crippen LogP contribution >= 0.6 is 8.03 Å². The van der Waals surface area contributed by atoms with E-state index in [1.165, 1.54) is 7.11 Å². The quantitative estimate of drug-likeness (QED) is 0.362. The van der Waals surface area contributed by atoms with E-state index in [-0.39, 0.29) is 6.16 Å². The van der Waals surface area contributed by atoms with Gasteiger partial charge in [0.15, 0.2) is 8.03 Å². The highest BCUT2D eigenvalue weighted by atomic mass is 31.1. The molecule has 0 aliphatic rings. The van der Waals surface area contributed by atoms with Gasteiger partial charge >= 0.3 is 0 Å². The molecule has 0 aromatic rings. The molecule has 0 aromatic heterocycles. The van der Waals surface area contributed by atoms with Crippen molar-refractivity contribution in [2.75, 3.05) is 13.3 Å². The topological polar surface area (TPSA) is 58.9 Å². The minimum Gasteiger partial charge on any atom is -0.399 e. The van der Waals surface area contributed by atoms with Crippen LogP contribution in [-0.2, 0) is 9.40 Å². The van der Waals surface area contributed by atoms with E-state index in [9.17, 15) is 4.57 Å². The molecule has 0 heterocycles. The van der Waals surface area contributed by atoms with E-state index in [0.29, 0.717) is 5.71 Å². The molecule has 1 unspecified atom stereocenters. The summed E-state index contributed by atoms with van der Waals surface area (Å²) in [5.41, 5.74) is 0.545. The van der Waals surface area contributed by atoms with Gasteiger partial charge in [-0.3, -0.25) is 4.57 Å². The van der Waals surface area contributed by atoms with Gasteiger partial charge in [0.25, 0.3) is 0 Å². The molecule has 0 radical (unpaired) electrons. The monoisotopic (exact) mass is 151 g/mol. The standard InChI is InChI=1S/C4H10NO3P/c1-4(5-8-2)3-9(6)7/h9H,3H2,1-2H3,(H,6,7)/b5-4+. The molecule has 54 valence electrons. The molecule has 0 spiro atoms. The average Bonchev–Trinajstić information content (AvgIpc) is 1.63. The van der Waals surface area contributed by atoms with Gasteiger partial charge in [0.1, 0.15) is 7.11 Å². The molecule has 4 nitrogen and oxygen atoms in total. The molecule has 0 saturated heterocycles. The summed E-state index contributed by atoms with van der Waals surface area (Å²) in [6, 6.07) is 0. The molecule has 0 aromatic carbocycles. The summed E-state index contributed by atoms with van der Waals surface area (Å²) >= 11 is 0. The van der Waals surface area contributed by atoms with Gasteiger partial charge in [-0.05, 0) is 6.92 Å². The van der Waals surface area contributed by atoms with Crippen LogP contribution < -0.4 is 0 Å². The van der Waals surface area contributed by atoms with Crippen molar-refractivity contribution in [2.45, 2.75) is 6.92 Å². The molecule has 0 aliphatic carbocycles. The number of hydrogen-bond donors (Lipinski definition) is 1. The Morgan fingerprint density at radius 1 is 1.89 bits per heavy atom. The van der Waals surface area contributed by atoms with Gasteiger partial charge in [-0.1, -0.05) is 5.16 Å². The lowest BCUT2D eigenvalue weighted by Crippen LogP contribution is -1.94. The van der Waals surface area contributed by atoms with Crippen LogP contribution in [0.2, 0.25) is 0 Å². The van der Waals surface area contributed by atoms with E-state index >= 15 is 0 Å². The minimum atomic E-state index is -2.42. The van der Waals surface area contributed by atoms with Gasteiger partial charge in [-0.15, -0.1) is 0 Å². The summed E-state index contributed by atoms with van der Waals surface area (Å²) in [7, 11) is -1.02. The van der Waals surface area contributed by atoms with Crippen LogP contribution in [0.15, 0.2) is 5.16 Å². The lowest BCUT2D eigenvalue weighted by atomic mass is 10.5. The maximum Gasteiger partial charge on any atom is 0.194 e. The highest BCUT2D eigenvalue weighted by Gasteiger charge is 1.95. The molecule has 1 N–H and O–H groups in total. The maximum atomic E-state index is 10.1. The summed E-state index contributed by atoms with van der Waals surface area (Å²) in [6.07, 6.45) is 0.124. The van der Waals surface area contributed by atoms with E-state index < -0.39 is 8.03 Å². The zero-order chi connectivity index (χ0) is 7.28. The van der Waals surface area contributed by atoms with Crippen LogP contribution in [0, 0.1) is 0 Å². The molecule has 0 bridgehead atoms. The van der Waals surface area contributed by atoms with Gasteiger partial charge in [0.05, 0.1) is 11.9 Å². The van der Waals surface area contributed by atoms with E-state index in [0.717, 1.165) is 0 Å². The summed E-state index contributed by atoms with van der Waals surface area (Å²) in [5.74, 6) is 0. The van der Waals surface area contributed by atoms with Gasteiger partial charge in [0, 0.05) is 0 Å². The second-order valence-corrected chi connectivity index (χ2v) is 2.72. The SMILES string of the molecule is CO/N=C(\C)C[PH](=O)O. The Hall–Kier alpha value is -0.340. The van der Waals surface area contributed by atoms with Crippen LogP contribution in [0.5, 0.6) is 0 Å². The van der Waals surface area contributed by atoms with Crippen molar-refractivity contribution in [1.29, 1.82) is 0 Å². The largest absolute Gasteiger partial charge is 0.399 e. The fourth-order valence-electron chi connectivity index (χ4n) is 0.407. The number of rotatable bonds is 3. The lowest BCUT2D eigenvalue weighted by Gasteiger charge is -1.92. The Bertz CT molecular complexity index is 134. The Labute approximate surface area is 54.4 Å². The first-order chi connectivity index (χ1) is 4.16. The van der Waals surface area contributed by atoms with E-state index in [1.807, 2.05) is 0 Å². The van der Waals surface area contributed by atoms with Crippen LogP contribution in [0.25, 0.3) is 0 Å². The van der Waals surface area contributed by atoms with E-state index in [2.05, 4.69) is 9.99 Å². The van der Waals surface area contributed by atoms with Crippen molar-refractivity contribution in [3.05, 3.63) is 0 Å². The fourth-order valence-corrected chi connectivity index (χ4v) is 0.909. The van der Waals surface area contributed by atoms with Crippen LogP contribution in [0.4, 0.5) is 0 Å². The number of hydrogen-bond acceptors (Lipinski definition) is 3. The predicted octanol–water partition coefficient (Wildman–Crippen LogP) is 0.476. The number of nitrogens with zero attached hydrogens (tertiary/aromatic N) is 1. The smallest absolute Gasteiger partial charge is 0.194 e. The summed E-state index contributed by atoms with van der Waals surface area (Å²) in [6.45, 7) is 1.64. The molecule has 5 heteroatoms. The van der Waals surface area contributed by atoms with E-state index in [4.69, 9.17) is 4.89 Å². The Kier molecular flexibility index (Phi) is 4.36. The molecular weight excluding hydrogens is 141 g/mol. The Morgan fingerprint density at radius 2 is 2.44 bits per heavy atom. The molecule has 0 rings (SSSR count). The predicted molar refractivity (Wildman–Crippen MR) is 36.2 cm³/mol. The average molecular weight is 151 g/mol. The molecule has 0 saturated carbocycles. The van der Waals surface area contributed by atoms with Gasteiger partial charge < -0.3 is 9.73 Å². The Balaban J connectivity index is 3.62. The van der Waals surface area contributed by atoms with Gasteiger partial charge in [-0.2, -0.15) is 0 Å². The zero-order valence-corrected chi connectivity index (χ0v) is 6.42.